The average Bonchev–Trinajstić information content (AvgIpc) is 2.68. The molecule has 1 amide bonds. The van der Waals surface area contributed by atoms with Crippen LogP contribution >= 0.6 is 0 Å². The molecule has 0 radical (unpaired) electrons. The number of carbonyl (C=O) groups is 1. The molecule has 19 heavy (non-hydrogen) atoms. The Morgan fingerprint density at radius 3 is 2.74 bits per heavy atom. The summed E-state index contributed by atoms with van der Waals surface area (Å²) in [7, 11) is 0. The van der Waals surface area contributed by atoms with Crippen LogP contribution in [0.4, 0.5) is 5.69 Å². The quantitative estimate of drug-likeness (QED) is 0.903. The number of carbonyl (C=O) groups excluding carboxylic acids is 1. The van der Waals surface area contributed by atoms with E-state index in [-0.39, 0.29) is 5.91 Å². The SMILES string of the molecule is CC(C)C(CN)c1cc2c3c(c1)CC(=O)N3CCC2. The first-order valence-corrected chi connectivity index (χ1v) is 7.28. The maximum Gasteiger partial charge on any atom is 0.231 e. The molecule has 3 rings (SSSR count). The van der Waals surface area contributed by atoms with E-state index in [9.17, 15) is 4.79 Å². The van der Waals surface area contributed by atoms with E-state index in [0.29, 0.717) is 24.8 Å². The van der Waals surface area contributed by atoms with Crippen molar-refractivity contribution >= 4 is 11.6 Å². The van der Waals surface area contributed by atoms with Gasteiger partial charge in [-0.25, -0.2) is 0 Å². The number of nitrogens with zero attached hydrogens (tertiary/aromatic N) is 1. The standard InChI is InChI=1S/C16H22N2O/c1-10(2)14(9-17)12-6-11-4-3-5-18-15(19)8-13(7-12)16(11)18/h6-7,10,14H,3-5,8-9,17H2,1-2H3. The van der Waals surface area contributed by atoms with E-state index in [1.807, 2.05) is 4.90 Å². The normalized spacial score (nSPS) is 18.9. The van der Waals surface area contributed by atoms with Crippen LogP contribution in [0.2, 0.25) is 0 Å². The minimum Gasteiger partial charge on any atom is -0.330 e. The lowest BCUT2D eigenvalue weighted by atomic mass is 9.85. The molecular formula is C16H22N2O. The van der Waals surface area contributed by atoms with Crippen molar-refractivity contribution in [2.75, 3.05) is 18.0 Å². The van der Waals surface area contributed by atoms with Gasteiger partial charge in [-0.2, -0.15) is 0 Å². The number of anilines is 1. The predicted octanol–water partition coefficient (Wildman–Crippen LogP) is 2.22. The molecule has 0 fully saturated rings. The second kappa shape index (κ2) is 4.64. The summed E-state index contributed by atoms with van der Waals surface area (Å²) < 4.78 is 0. The van der Waals surface area contributed by atoms with E-state index in [0.717, 1.165) is 19.4 Å². The third-order valence-corrected chi connectivity index (χ3v) is 4.52. The lowest BCUT2D eigenvalue weighted by Gasteiger charge is -2.28. The monoisotopic (exact) mass is 258 g/mol. The van der Waals surface area contributed by atoms with Crippen molar-refractivity contribution in [3.05, 3.63) is 28.8 Å². The summed E-state index contributed by atoms with van der Waals surface area (Å²) in [6.45, 7) is 6.00. The van der Waals surface area contributed by atoms with Crippen LogP contribution in [0, 0.1) is 5.92 Å². The molecule has 1 atom stereocenters. The molecule has 0 saturated carbocycles. The van der Waals surface area contributed by atoms with Gasteiger partial charge in [-0.05, 0) is 47.9 Å². The van der Waals surface area contributed by atoms with Crippen molar-refractivity contribution in [1.29, 1.82) is 0 Å². The summed E-state index contributed by atoms with van der Waals surface area (Å²) in [5, 5.41) is 0. The van der Waals surface area contributed by atoms with Gasteiger partial charge >= 0.3 is 0 Å². The van der Waals surface area contributed by atoms with E-state index in [1.54, 1.807) is 0 Å². The number of hydrogen-bond donors (Lipinski definition) is 1. The highest BCUT2D eigenvalue weighted by Gasteiger charge is 2.33. The molecule has 0 spiro atoms. The van der Waals surface area contributed by atoms with Crippen molar-refractivity contribution in [2.45, 2.75) is 39.0 Å². The maximum absolute atomic E-state index is 12.0. The molecule has 3 nitrogen and oxygen atoms in total. The van der Waals surface area contributed by atoms with Crippen molar-refractivity contribution in [3.8, 4) is 0 Å². The van der Waals surface area contributed by atoms with Gasteiger partial charge in [0.1, 0.15) is 0 Å². The van der Waals surface area contributed by atoms with Crippen LogP contribution in [0.5, 0.6) is 0 Å². The van der Waals surface area contributed by atoms with Crippen molar-refractivity contribution in [1.82, 2.24) is 0 Å². The Bertz CT molecular complexity index is 522. The third kappa shape index (κ3) is 1.96. The lowest BCUT2D eigenvalue weighted by Crippen LogP contribution is -2.31. The van der Waals surface area contributed by atoms with Crippen LogP contribution in [-0.4, -0.2) is 19.0 Å². The molecule has 0 aromatic heterocycles. The van der Waals surface area contributed by atoms with Gasteiger partial charge in [0.15, 0.2) is 0 Å². The van der Waals surface area contributed by atoms with Crippen molar-refractivity contribution < 1.29 is 4.79 Å². The summed E-state index contributed by atoms with van der Waals surface area (Å²) in [6.07, 6.45) is 2.75. The van der Waals surface area contributed by atoms with Gasteiger partial charge in [0, 0.05) is 6.54 Å². The number of nitrogens with two attached hydrogens (primary N) is 1. The Labute approximate surface area is 114 Å². The van der Waals surface area contributed by atoms with Crippen LogP contribution in [0.15, 0.2) is 12.1 Å². The summed E-state index contributed by atoms with van der Waals surface area (Å²) in [4.78, 5) is 14.0. The topological polar surface area (TPSA) is 46.3 Å². The second-order valence-corrected chi connectivity index (χ2v) is 6.10. The molecule has 2 aliphatic rings. The van der Waals surface area contributed by atoms with Crippen LogP contribution < -0.4 is 10.6 Å². The first-order valence-electron chi connectivity index (χ1n) is 7.28. The third-order valence-electron chi connectivity index (χ3n) is 4.52. The minimum absolute atomic E-state index is 0.266. The highest BCUT2D eigenvalue weighted by molar-refractivity contribution is 6.02. The Hall–Kier alpha value is -1.35. The highest BCUT2D eigenvalue weighted by Crippen LogP contribution is 2.39. The zero-order valence-electron chi connectivity index (χ0n) is 11.8. The Morgan fingerprint density at radius 2 is 2.05 bits per heavy atom. The van der Waals surface area contributed by atoms with Crippen molar-refractivity contribution in [2.24, 2.45) is 11.7 Å². The summed E-state index contributed by atoms with van der Waals surface area (Å²) in [5.41, 5.74) is 11.0. The van der Waals surface area contributed by atoms with E-state index in [4.69, 9.17) is 5.73 Å². The Morgan fingerprint density at radius 1 is 1.32 bits per heavy atom. The van der Waals surface area contributed by atoms with Crippen LogP contribution in [0.25, 0.3) is 0 Å². The summed E-state index contributed by atoms with van der Waals surface area (Å²) in [5.74, 6) is 1.20. The molecule has 2 heterocycles. The molecule has 0 aliphatic carbocycles. The van der Waals surface area contributed by atoms with Crippen LogP contribution in [0.3, 0.4) is 0 Å². The molecule has 0 saturated heterocycles. The van der Waals surface area contributed by atoms with E-state index >= 15 is 0 Å². The summed E-state index contributed by atoms with van der Waals surface area (Å²) in [6, 6.07) is 4.51. The molecule has 3 heteroatoms. The smallest absolute Gasteiger partial charge is 0.231 e. The zero-order chi connectivity index (χ0) is 13.6. The van der Waals surface area contributed by atoms with Gasteiger partial charge in [-0.15, -0.1) is 0 Å². The number of hydrogen-bond acceptors (Lipinski definition) is 2. The number of amides is 1. The van der Waals surface area contributed by atoms with E-state index < -0.39 is 0 Å². The van der Waals surface area contributed by atoms with Crippen LogP contribution in [-0.2, 0) is 17.6 Å². The molecule has 102 valence electrons. The largest absolute Gasteiger partial charge is 0.330 e. The first kappa shape index (κ1) is 12.7. The van der Waals surface area contributed by atoms with Gasteiger partial charge in [-0.3, -0.25) is 4.79 Å². The Kier molecular flexibility index (Phi) is 3.09. The predicted molar refractivity (Wildman–Crippen MR) is 77.5 cm³/mol. The number of aryl methyl sites for hydroxylation is 1. The Balaban J connectivity index is 2.08. The molecular weight excluding hydrogens is 236 g/mol. The van der Waals surface area contributed by atoms with Gasteiger partial charge < -0.3 is 10.6 Å². The fourth-order valence-electron chi connectivity index (χ4n) is 3.51. The van der Waals surface area contributed by atoms with E-state index in [2.05, 4.69) is 26.0 Å². The average molecular weight is 258 g/mol. The maximum atomic E-state index is 12.0. The second-order valence-electron chi connectivity index (χ2n) is 6.10. The first-order chi connectivity index (χ1) is 9.11. The zero-order valence-corrected chi connectivity index (χ0v) is 11.8. The number of benzene rings is 1. The highest BCUT2D eigenvalue weighted by atomic mass is 16.2. The van der Waals surface area contributed by atoms with Gasteiger partial charge in [0.2, 0.25) is 5.91 Å². The molecule has 0 bridgehead atoms. The number of rotatable bonds is 3. The molecule has 2 N–H and O–H groups in total. The lowest BCUT2D eigenvalue weighted by molar-refractivity contribution is -0.117. The molecule has 1 unspecified atom stereocenters. The van der Waals surface area contributed by atoms with Crippen LogP contribution in [0.1, 0.15) is 42.9 Å². The minimum atomic E-state index is 0.266. The fraction of sp³-hybridized carbons (Fsp3) is 0.562. The van der Waals surface area contributed by atoms with Gasteiger partial charge in [-0.1, -0.05) is 26.0 Å². The molecule has 1 aromatic rings. The molecule has 1 aromatic carbocycles. The van der Waals surface area contributed by atoms with Crippen molar-refractivity contribution in [3.63, 3.8) is 0 Å². The summed E-state index contributed by atoms with van der Waals surface area (Å²) >= 11 is 0. The molecule has 2 aliphatic heterocycles. The fourth-order valence-corrected chi connectivity index (χ4v) is 3.51. The van der Waals surface area contributed by atoms with Gasteiger partial charge in [0.25, 0.3) is 0 Å². The van der Waals surface area contributed by atoms with Gasteiger partial charge in [0.05, 0.1) is 12.1 Å². The van der Waals surface area contributed by atoms with E-state index in [1.165, 1.54) is 22.4 Å².